The molecular weight excluding hydrogens is 239 g/mol. The average Bonchev–Trinajstić information content (AvgIpc) is 2.70. The van der Waals surface area contributed by atoms with Gasteiger partial charge in [-0.05, 0) is 18.4 Å². The Morgan fingerprint density at radius 3 is 2.89 bits per heavy atom. The highest BCUT2D eigenvalue weighted by Gasteiger charge is 2.39. The van der Waals surface area contributed by atoms with Crippen LogP contribution >= 0.6 is 0 Å². The number of hydrogen-bond donors (Lipinski definition) is 1. The van der Waals surface area contributed by atoms with Crippen LogP contribution in [0.1, 0.15) is 23.7 Å². The van der Waals surface area contributed by atoms with Gasteiger partial charge < -0.3 is 10.0 Å². The Morgan fingerprint density at radius 1 is 1.56 bits per heavy atom. The van der Waals surface area contributed by atoms with Crippen molar-refractivity contribution in [1.29, 1.82) is 0 Å². The molecule has 0 aliphatic carbocycles. The summed E-state index contributed by atoms with van der Waals surface area (Å²) in [5, 5.41) is 9.12. The standard InChI is InChI=1S/C12H13FN2O3/c1-7-3-5-15(10(7)12(17)18)11(16)8-2-4-14-9(13)6-8/h2,4,6-7,10H,3,5H2,1H3,(H,17,18). The third-order valence-electron chi connectivity index (χ3n) is 3.19. The van der Waals surface area contributed by atoms with Crippen LogP contribution in [-0.2, 0) is 4.79 Å². The number of nitrogens with zero attached hydrogens (tertiary/aromatic N) is 2. The first-order valence-electron chi connectivity index (χ1n) is 5.66. The zero-order chi connectivity index (χ0) is 13.3. The van der Waals surface area contributed by atoms with Gasteiger partial charge in [0.2, 0.25) is 5.95 Å². The summed E-state index contributed by atoms with van der Waals surface area (Å²) in [6.07, 6.45) is 1.83. The Bertz CT molecular complexity index is 492. The molecule has 2 unspecified atom stereocenters. The Morgan fingerprint density at radius 2 is 2.28 bits per heavy atom. The molecule has 96 valence electrons. The van der Waals surface area contributed by atoms with Gasteiger partial charge in [0.25, 0.3) is 5.91 Å². The van der Waals surface area contributed by atoms with Gasteiger partial charge >= 0.3 is 5.97 Å². The Hall–Kier alpha value is -1.98. The highest BCUT2D eigenvalue weighted by Crippen LogP contribution is 2.25. The van der Waals surface area contributed by atoms with E-state index in [-0.39, 0.29) is 11.5 Å². The van der Waals surface area contributed by atoms with E-state index in [2.05, 4.69) is 4.98 Å². The zero-order valence-electron chi connectivity index (χ0n) is 9.84. The lowest BCUT2D eigenvalue weighted by Gasteiger charge is -2.23. The summed E-state index contributed by atoms with van der Waals surface area (Å²) in [4.78, 5) is 27.9. The molecule has 0 aromatic carbocycles. The Balaban J connectivity index is 2.26. The van der Waals surface area contributed by atoms with Gasteiger partial charge in [0.15, 0.2) is 0 Å². The number of pyridine rings is 1. The molecular formula is C12H13FN2O3. The largest absolute Gasteiger partial charge is 0.480 e. The van der Waals surface area contributed by atoms with E-state index in [9.17, 15) is 14.0 Å². The SMILES string of the molecule is CC1CCN(C(=O)c2ccnc(F)c2)C1C(=O)O. The molecule has 1 aliphatic heterocycles. The first-order valence-corrected chi connectivity index (χ1v) is 5.66. The van der Waals surface area contributed by atoms with Crippen molar-refractivity contribution in [2.45, 2.75) is 19.4 Å². The minimum absolute atomic E-state index is 0.0989. The second kappa shape index (κ2) is 4.72. The average molecular weight is 252 g/mol. The summed E-state index contributed by atoms with van der Waals surface area (Å²) >= 11 is 0. The van der Waals surface area contributed by atoms with E-state index < -0.39 is 23.9 Å². The first kappa shape index (κ1) is 12.5. The molecule has 5 nitrogen and oxygen atoms in total. The van der Waals surface area contributed by atoms with Gasteiger partial charge in [-0.3, -0.25) is 4.79 Å². The molecule has 0 saturated carbocycles. The number of halogens is 1. The summed E-state index contributed by atoms with van der Waals surface area (Å²) in [7, 11) is 0. The number of amides is 1. The summed E-state index contributed by atoms with van der Waals surface area (Å²) in [5.74, 6) is -2.34. The lowest BCUT2D eigenvalue weighted by molar-refractivity contribution is -0.142. The molecule has 2 heterocycles. The van der Waals surface area contributed by atoms with Crippen LogP contribution in [0.15, 0.2) is 18.3 Å². The van der Waals surface area contributed by atoms with E-state index >= 15 is 0 Å². The Labute approximate surface area is 103 Å². The quantitative estimate of drug-likeness (QED) is 0.802. The van der Waals surface area contributed by atoms with Gasteiger partial charge in [0.1, 0.15) is 6.04 Å². The van der Waals surface area contributed by atoms with Crippen molar-refractivity contribution in [3.8, 4) is 0 Å². The van der Waals surface area contributed by atoms with Crippen molar-refractivity contribution < 1.29 is 19.1 Å². The molecule has 1 aromatic rings. The van der Waals surface area contributed by atoms with E-state index in [1.807, 2.05) is 0 Å². The minimum Gasteiger partial charge on any atom is -0.480 e. The van der Waals surface area contributed by atoms with Gasteiger partial charge in [-0.15, -0.1) is 0 Å². The molecule has 0 radical (unpaired) electrons. The number of aromatic nitrogens is 1. The number of likely N-dealkylation sites (tertiary alicyclic amines) is 1. The molecule has 0 bridgehead atoms. The molecule has 2 rings (SSSR count). The summed E-state index contributed by atoms with van der Waals surface area (Å²) < 4.78 is 12.9. The third kappa shape index (κ3) is 2.18. The van der Waals surface area contributed by atoms with Crippen LogP contribution in [0.3, 0.4) is 0 Å². The van der Waals surface area contributed by atoms with E-state index in [1.54, 1.807) is 6.92 Å². The number of rotatable bonds is 2. The van der Waals surface area contributed by atoms with Crippen molar-refractivity contribution in [2.24, 2.45) is 5.92 Å². The van der Waals surface area contributed by atoms with Crippen LogP contribution in [0, 0.1) is 11.9 Å². The minimum atomic E-state index is -1.03. The monoisotopic (exact) mass is 252 g/mol. The van der Waals surface area contributed by atoms with Gasteiger partial charge in [-0.1, -0.05) is 6.92 Å². The molecule has 1 aliphatic rings. The predicted molar refractivity (Wildman–Crippen MR) is 60.4 cm³/mol. The number of carbonyl (C=O) groups excluding carboxylic acids is 1. The number of carboxylic acids is 1. The van der Waals surface area contributed by atoms with E-state index in [0.717, 1.165) is 6.07 Å². The van der Waals surface area contributed by atoms with Crippen LogP contribution in [0.5, 0.6) is 0 Å². The van der Waals surface area contributed by atoms with Gasteiger partial charge in [0, 0.05) is 24.4 Å². The molecule has 1 aromatic heterocycles. The normalized spacial score (nSPS) is 23.1. The van der Waals surface area contributed by atoms with Crippen molar-refractivity contribution >= 4 is 11.9 Å². The Kier molecular flexibility index (Phi) is 3.27. The van der Waals surface area contributed by atoms with Crippen molar-refractivity contribution in [3.05, 3.63) is 29.8 Å². The highest BCUT2D eigenvalue weighted by molar-refractivity contribution is 5.96. The second-order valence-electron chi connectivity index (χ2n) is 4.41. The number of carboxylic acid groups (broad SMARTS) is 1. The van der Waals surface area contributed by atoms with E-state index in [1.165, 1.54) is 17.2 Å². The molecule has 1 amide bonds. The number of carbonyl (C=O) groups is 2. The molecule has 6 heteroatoms. The maximum absolute atomic E-state index is 12.9. The molecule has 2 atom stereocenters. The summed E-state index contributed by atoms with van der Waals surface area (Å²) in [6, 6.07) is 1.56. The fourth-order valence-corrected chi connectivity index (χ4v) is 2.25. The fourth-order valence-electron chi connectivity index (χ4n) is 2.25. The van der Waals surface area contributed by atoms with Crippen LogP contribution < -0.4 is 0 Å². The van der Waals surface area contributed by atoms with Crippen LogP contribution in [0.4, 0.5) is 4.39 Å². The topological polar surface area (TPSA) is 70.5 Å². The van der Waals surface area contributed by atoms with Crippen LogP contribution in [-0.4, -0.2) is 39.5 Å². The van der Waals surface area contributed by atoms with E-state index in [0.29, 0.717) is 13.0 Å². The molecule has 0 spiro atoms. The van der Waals surface area contributed by atoms with Crippen molar-refractivity contribution in [3.63, 3.8) is 0 Å². The lowest BCUT2D eigenvalue weighted by atomic mass is 10.0. The molecule has 1 N–H and O–H groups in total. The summed E-state index contributed by atoms with van der Waals surface area (Å²) in [6.45, 7) is 2.17. The number of aliphatic carboxylic acids is 1. The van der Waals surface area contributed by atoms with E-state index in [4.69, 9.17) is 5.11 Å². The maximum atomic E-state index is 12.9. The van der Waals surface area contributed by atoms with Gasteiger partial charge in [-0.25, -0.2) is 9.78 Å². The van der Waals surface area contributed by atoms with Crippen molar-refractivity contribution in [1.82, 2.24) is 9.88 Å². The molecule has 18 heavy (non-hydrogen) atoms. The molecule has 1 fully saturated rings. The fraction of sp³-hybridized carbons (Fsp3) is 0.417. The number of hydrogen-bond acceptors (Lipinski definition) is 3. The van der Waals surface area contributed by atoms with Gasteiger partial charge in [-0.2, -0.15) is 4.39 Å². The van der Waals surface area contributed by atoms with Gasteiger partial charge in [0.05, 0.1) is 0 Å². The van der Waals surface area contributed by atoms with Crippen molar-refractivity contribution in [2.75, 3.05) is 6.54 Å². The maximum Gasteiger partial charge on any atom is 0.326 e. The smallest absolute Gasteiger partial charge is 0.326 e. The first-order chi connectivity index (χ1) is 8.50. The summed E-state index contributed by atoms with van der Waals surface area (Å²) in [5.41, 5.74) is 0.128. The molecule has 1 saturated heterocycles. The third-order valence-corrected chi connectivity index (χ3v) is 3.19. The predicted octanol–water partition coefficient (Wildman–Crippen LogP) is 1.16. The second-order valence-corrected chi connectivity index (χ2v) is 4.41. The highest BCUT2D eigenvalue weighted by atomic mass is 19.1. The van der Waals surface area contributed by atoms with Crippen LogP contribution in [0.25, 0.3) is 0 Å². The van der Waals surface area contributed by atoms with Crippen LogP contribution in [0.2, 0.25) is 0 Å². The lowest BCUT2D eigenvalue weighted by Crippen LogP contribution is -2.42. The zero-order valence-corrected chi connectivity index (χ0v) is 9.84.